The molecular weight excluding hydrogens is 344 g/mol. The molecule has 144 valence electrons. The maximum absolute atomic E-state index is 10.7. The summed E-state index contributed by atoms with van der Waals surface area (Å²) in [5, 5.41) is 17.6. The highest BCUT2D eigenvalue weighted by Crippen LogP contribution is 2.22. The molecule has 0 fully saturated rings. The van der Waals surface area contributed by atoms with Gasteiger partial charge in [-0.3, -0.25) is 9.59 Å². The molecule has 0 radical (unpaired) electrons. The number of hydrogen-bond donors (Lipinski definition) is 4. The van der Waals surface area contributed by atoms with Crippen molar-refractivity contribution in [1.82, 2.24) is 0 Å². The standard InChI is InChI=1S/C21H26N2O4/c22-18-9-7-14(12-16(18)3-1-5-20(24)25)11-15-8-10-19(23)17(13-15)4-2-6-21(26)27/h7-10,12-13H,1-6,11,22-23H2,(H,24,25)(H,26,27). The number of hydrogen-bond acceptors (Lipinski definition) is 4. The topological polar surface area (TPSA) is 127 Å². The van der Waals surface area contributed by atoms with E-state index >= 15 is 0 Å². The SMILES string of the molecule is Nc1ccc(Cc2ccc(N)c(CCCC(=O)O)c2)cc1CCCC(=O)O. The van der Waals surface area contributed by atoms with Crippen LogP contribution in [0.4, 0.5) is 11.4 Å². The number of nitrogens with two attached hydrogens (primary N) is 2. The van der Waals surface area contributed by atoms with Gasteiger partial charge in [-0.05, 0) is 66.5 Å². The van der Waals surface area contributed by atoms with Gasteiger partial charge in [-0.15, -0.1) is 0 Å². The highest BCUT2D eigenvalue weighted by molar-refractivity contribution is 5.67. The molecule has 2 aromatic rings. The van der Waals surface area contributed by atoms with Crippen molar-refractivity contribution in [1.29, 1.82) is 0 Å². The Morgan fingerprint density at radius 2 is 1.15 bits per heavy atom. The fourth-order valence-corrected chi connectivity index (χ4v) is 3.07. The highest BCUT2D eigenvalue weighted by Gasteiger charge is 2.07. The quantitative estimate of drug-likeness (QED) is 0.476. The lowest BCUT2D eigenvalue weighted by atomic mass is 9.96. The van der Waals surface area contributed by atoms with Crippen molar-refractivity contribution < 1.29 is 19.8 Å². The maximum atomic E-state index is 10.7. The summed E-state index contributed by atoms with van der Waals surface area (Å²) in [7, 11) is 0. The minimum absolute atomic E-state index is 0.126. The Balaban J connectivity index is 2.07. The molecule has 6 nitrogen and oxygen atoms in total. The van der Waals surface area contributed by atoms with Gasteiger partial charge in [0, 0.05) is 24.2 Å². The zero-order valence-corrected chi connectivity index (χ0v) is 15.3. The Morgan fingerprint density at radius 3 is 1.52 bits per heavy atom. The first-order valence-electron chi connectivity index (χ1n) is 9.03. The molecule has 0 aromatic heterocycles. The minimum Gasteiger partial charge on any atom is -0.481 e. The van der Waals surface area contributed by atoms with E-state index in [0.29, 0.717) is 43.5 Å². The Labute approximate surface area is 158 Å². The number of rotatable bonds is 10. The van der Waals surface area contributed by atoms with Crippen molar-refractivity contribution in [3.05, 3.63) is 58.7 Å². The number of carboxylic acids is 2. The van der Waals surface area contributed by atoms with Crippen LogP contribution in [0.1, 0.15) is 47.9 Å². The van der Waals surface area contributed by atoms with Gasteiger partial charge in [0.15, 0.2) is 0 Å². The second-order valence-corrected chi connectivity index (χ2v) is 6.74. The van der Waals surface area contributed by atoms with E-state index in [9.17, 15) is 9.59 Å². The first-order valence-corrected chi connectivity index (χ1v) is 9.03. The number of anilines is 2. The lowest BCUT2D eigenvalue weighted by Gasteiger charge is -2.11. The van der Waals surface area contributed by atoms with E-state index in [1.165, 1.54) is 0 Å². The second-order valence-electron chi connectivity index (χ2n) is 6.74. The van der Waals surface area contributed by atoms with Crippen molar-refractivity contribution in [3.8, 4) is 0 Å². The normalized spacial score (nSPS) is 10.7. The van der Waals surface area contributed by atoms with Crippen LogP contribution in [-0.2, 0) is 28.9 Å². The summed E-state index contributed by atoms with van der Waals surface area (Å²) >= 11 is 0. The monoisotopic (exact) mass is 370 g/mol. The first kappa shape index (κ1) is 20.3. The van der Waals surface area contributed by atoms with E-state index < -0.39 is 11.9 Å². The molecule has 0 spiro atoms. The molecular formula is C21H26N2O4. The molecule has 6 heteroatoms. The molecule has 0 aliphatic rings. The zero-order chi connectivity index (χ0) is 19.8. The third-order valence-electron chi connectivity index (χ3n) is 4.50. The van der Waals surface area contributed by atoms with Crippen LogP contribution in [0.2, 0.25) is 0 Å². The smallest absolute Gasteiger partial charge is 0.303 e. The fraction of sp³-hybridized carbons (Fsp3) is 0.333. The summed E-state index contributed by atoms with van der Waals surface area (Å²) < 4.78 is 0. The van der Waals surface area contributed by atoms with Crippen LogP contribution in [0, 0.1) is 0 Å². The number of aliphatic carboxylic acids is 2. The summed E-state index contributed by atoms with van der Waals surface area (Å²) in [5.41, 5.74) is 17.5. The largest absolute Gasteiger partial charge is 0.481 e. The molecule has 0 saturated heterocycles. The van der Waals surface area contributed by atoms with Crippen molar-refractivity contribution >= 4 is 23.3 Å². The van der Waals surface area contributed by atoms with Crippen LogP contribution in [-0.4, -0.2) is 22.2 Å². The van der Waals surface area contributed by atoms with E-state index in [2.05, 4.69) is 0 Å². The maximum Gasteiger partial charge on any atom is 0.303 e. The average Bonchev–Trinajstić information content (AvgIpc) is 2.60. The van der Waals surface area contributed by atoms with Gasteiger partial charge in [0.2, 0.25) is 0 Å². The van der Waals surface area contributed by atoms with E-state index in [1.807, 2.05) is 36.4 Å². The average molecular weight is 370 g/mol. The van der Waals surface area contributed by atoms with Crippen LogP contribution in [0.3, 0.4) is 0 Å². The number of nitrogen functional groups attached to an aromatic ring is 2. The molecule has 0 unspecified atom stereocenters. The molecule has 27 heavy (non-hydrogen) atoms. The predicted octanol–water partition coefficient (Wildman–Crippen LogP) is 3.26. The van der Waals surface area contributed by atoms with Gasteiger partial charge in [-0.1, -0.05) is 24.3 Å². The minimum atomic E-state index is -0.804. The Kier molecular flexibility index (Phi) is 7.23. The Hall–Kier alpha value is -3.02. The van der Waals surface area contributed by atoms with E-state index in [0.717, 1.165) is 22.3 Å². The van der Waals surface area contributed by atoms with E-state index in [1.54, 1.807) is 0 Å². The van der Waals surface area contributed by atoms with Crippen LogP contribution >= 0.6 is 0 Å². The van der Waals surface area contributed by atoms with Gasteiger partial charge < -0.3 is 21.7 Å². The molecule has 0 aliphatic carbocycles. The van der Waals surface area contributed by atoms with E-state index in [4.69, 9.17) is 21.7 Å². The first-order chi connectivity index (χ1) is 12.8. The Morgan fingerprint density at radius 1 is 0.741 bits per heavy atom. The van der Waals surface area contributed by atoms with Crippen LogP contribution in [0.25, 0.3) is 0 Å². The molecule has 6 N–H and O–H groups in total. The van der Waals surface area contributed by atoms with Crippen molar-refractivity contribution in [3.63, 3.8) is 0 Å². The highest BCUT2D eigenvalue weighted by atomic mass is 16.4. The van der Waals surface area contributed by atoms with Crippen molar-refractivity contribution in [2.45, 2.75) is 44.9 Å². The Bertz CT molecular complexity index is 750. The van der Waals surface area contributed by atoms with Gasteiger partial charge >= 0.3 is 11.9 Å². The number of carboxylic acid groups (broad SMARTS) is 2. The van der Waals surface area contributed by atoms with Gasteiger partial charge in [-0.25, -0.2) is 0 Å². The van der Waals surface area contributed by atoms with Crippen molar-refractivity contribution in [2.75, 3.05) is 11.5 Å². The third kappa shape index (κ3) is 6.66. The van der Waals surface area contributed by atoms with E-state index in [-0.39, 0.29) is 12.8 Å². The number of aryl methyl sites for hydroxylation is 2. The fourth-order valence-electron chi connectivity index (χ4n) is 3.07. The third-order valence-corrected chi connectivity index (χ3v) is 4.50. The zero-order valence-electron chi connectivity index (χ0n) is 15.3. The molecule has 0 heterocycles. The summed E-state index contributed by atoms with van der Waals surface area (Å²) in [6.45, 7) is 0. The van der Waals surface area contributed by atoms with Gasteiger partial charge in [-0.2, -0.15) is 0 Å². The van der Waals surface area contributed by atoms with Gasteiger partial charge in [0.25, 0.3) is 0 Å². The van der Waals surface area contributed by atoms with Gasteiger partial charge in [0.05, 0.1) is 0 Å². The van der Waals surface area contributed by atoms with Crippen LogP contribution < -0.4 is 11.5 Å². The molecule has 0 amide bonds. The summed E-state index contributed by atoms with van der Waals surface area (Å²) in [4.78, 5) is 21.4. The molecule has 2 rings (SSSR count). The van der Waals surface area contributed by atoms with Crippen LogP contribution in [0.5, 0.6) is 0 Å². The number of carbonyl (C=O) groups is 2. The molecule has 0 bridgehead atoms. The molecule has 0 aliphatic heterocycles. The van der Waals surface area contributed by atoms with Crippen molar-refractivity contribution in [2.24, 2.45) is 0 Å². The second kappa shape index (κ2) is 9.62. The summed E-state index contributed by atoms with van der Waals surface area (Å²) in [5.74, 6) is -1.61. The predicted molar refractivity (Wildman–Crippen MR) is 106 cm³/mol. The molecule has 0 atom stereocenters. The summed E-state index contributed by atoms with van der Waals surface area (Å²) in [6, 6.07) is 11.7. The van der Waals surface area contributed by atoms with Crippen LogP contribution in [0.15, 0.2) is 36.4 Å². The lowest BCUT2D eigenvalue weighted by molar-refractivity contribution is -0.138. The number of benzene rings is 2. The molecule has 2 aromatic carbocycles. The summed E-state index contributed by atoms with van der Waals surface area (Å²) in [6.07, 6.45) is 3.33. The van der Waals surface area contributed by atoms with Gasteiger partial charge in [0.1, 0.15) is 0 Å². The molecule has 0 saturated carbocycles. The lowest BCUT2D eigenvalue weighted by Crippen LogP contribution is -2.02.